The summed E-state index contributed by atoms with van der Waals surface area (Å²) < 4.78 is 1.62. The number of aromatic nitrogens is 3. The lowest BCUT2D eigenvalue weighted by atomic mass is 10.0. The van der Waals surface area contributed by atoms with Crippen LogP contribution in [-0.4, -0.2) is 20.9 Å². The van der Waals surface area contributed by atoms with Crippen molar-refractivity contribution in [2.45, 2.75) is 33.2 Å². The second-order valence-corrected chi connectivity index (χ2v) is 6.70. The van der Waals surface area contributed by atoms with E-state index in [9.17, 15) is 4.79 Å². The molecule has 0 aliphatic heterocycles. The zero-order chi connectivity index (χ0) is 18.7. The van der Waals surface area contributed by atoms with Crippen molar-refractivity contribution in [3.8, 4) is 5.69 Å². The zero-order valence-corrected chi connectivity index (χ0v) is 15.8. The van der Waals surface area contributed by atoms with Gasteiger partial charge in [-0.3, -0.25) is 4.79 Å². The average Bonchev–Trinajstić information content (AvgIpc) is 3.02. The molecule has 2 aromatic carbocycles. The zero-order valence-electron chi connectivity index (χ0n) is 15.0. The van der Waals surface area contributed by atoms with Gasteiger partial charge in [-0.2, -0.15) is 0 Å². The molecule has 1 atom stereocenters. The van der Waals surface area contributed by atoms with Crippen LogP contribution in [0.25, 0.3) is 5.69 Å². The average molecular weight is 369 g/mol. The molecule has 3 aromatic rings. The Morgan fingerprint density at radius 1 is 1.19 bits per heavy atom. The van der Waals surface area contributed by atoms with Crippen LogP contribution in [0.15, 0.2) is 48.5 Å². The number of nitrogens with one attached hydrogen (secondary N) is 1. The third kappa shape index (κ3) is 3.78. The quantitative estimate of drug-likeness (QED) is 0.725. The van der Waals surface area contributed by atoms with Gasteiger partial charge in [-0.25, -0.2) is 4.68 Å². The van der Waals surface area contributed by atoms with Crippen LogP contribution >= 0.6 is 11.6 Å². The van der Waals surface area contributed by atoms with Crippen LogP contribution in [0, 0.1) is 13.8 Å². The van der Waals surface area contributed by atoms with Crippen molar-refractivity contribution < 1.29 is 4.79 Å². The molecular formula is C20H21ClN4O. The first-order chi connectivity index (χ1) is 12.5. The van der Waals surface area contributed by atoms with Crippen LogP contribution < -0.4 is 5.32 Å². The van der Waals surface area contributed by atoms with E-state index < -0.39 is 0 Å². The van der Waals surface area contributed by atoms with Gasteiger partial charge >= 0.3 is 0 Å². The van der Waals surface area contributed by atoms with Gasteiger partial charge in [0.1, 0.15) is 0 Å². The Bertz CT molecular complexity index is 918. The fourth-order valence-electron chi connectivity index (χ4n) is 2.84. The molecule has 1 amide bonds. The minimum Gasteiger partial charge on any atom is -0.344 e. The standard InChI is InChI=1S/C20H21ClN4O/c1-4-18(15-10-8-13(2)9-11-15)22-20(26)19-14(3)25(24-23-19)17-7-5-6-16(21)12-17/h5-12,18H,4H2,1-3H3,(H,22,26). The van der Waals surface area contributed by atoms with Crippen molar-refractivity contribution in [2.24, 2.45) is 0 Å². The number of halogens is 1. The van der Waals surface area contributed by atoms with E-state index in [0.29, 0.717) is 16.4 Å². The van der Waals surface area contributed by atoms with E-state index in [1.165, 1.54) is 5.56 Å². The number of carbonyl (C=O) groups excluding carboxylic acids is 1. The van der Waals surface area contributed by atoms with Crippen molar-refractivity contribution in [1.82, 2.24) is 20.3 Å². The monoisotopic (exact) mass is 368 g/mol. The number of hydrogen-bond acceptors (Lipinski definition) is 3. The topological polar surface area (TPSA) is 59.8 Å². The highest BCUT2D eigenvalue weighted by atomic mass is 35.5. The molecule has 1 heterocycles. The summed E-state index contributed by atoms with van der Waals surface area (Å²) in [7, 11) is 0. The van der Waals surface area contributed by atoms with Gasteiger partial charge in [0.15, 0.2) is 5.69 Å². The molecule has 0 aliphatic rings. The number of nitrogens with zero attached hydrogens (tertiary/aromatic N) is 3. The van der Waals surface area contributed by atoms with E-state index >= 15 is 0 Å². The van der Waals surface area contributed by atoms with E-state index in [4.69, 9.17) is 11.6 Å². The number of aryl methyl sites for hydroxylation is 1. The van der Waals surface area contributed by atoms with Gasteiger partial charge in [-0.05, 0) is 44.0 Å². The van der Waals surface area contributed by atoms with Gasteiger partial charge in [0.05, 0.1) is 17.4 Å². The van der Waals surface area contributed by atoms with Gasteiger partial charge in [0.2, 0.25) is 0 Å². The SMILES string of the molecule is CCC(NC(=O)c1nnn(-c2cccc(Cl)c2)c1C)c1ccc(C)cc1. The molecule has 0 bridgehead atoms. The van der Waals surface area contributed by atoms with Crippen LogP contribution in [0.1, 0.15) is 46.7 Å². The van der Waals surface area contributed by atoms with E-state index in [1.54, 1.807) is 16.8 Å². The second kappa shape index (κ2) is 7.70. The van der Waals surface area contributed by atoms with Gasteiger partial charge in [0, 0.05) is 5.02 Å². The first kappa shape index (κ1) is 18.1. The van der Waals surface area contributed by atoms with Gasteiger partial charge < -0.3 is 5.32 Å². The van der Waals surface area contributed by atoms with Crippen molar-refractivity contribution in [3.63, 3.8) is 0 Å². The van der Waals surface area contributed by atoms with Crippen LogP contribution in [-0.2, 0) is 0 Å². The predicted octanol–water partition coefficient (Wildman–Crippen LogP) is 4.42. The molecule has 0 saturated heterocycles. The molecule has 6 heteroatoms. The summed E-state index contributed by atoms with van der Waals surface area (Å²) in [5.41, 5.74) is 4.02. The van der Waals surface area contributed by atoms with E-state index in [2.05, 4.69) is 15.6 Å². The Labute approximate surface area is 158 Å². The lowest BCUT2D eigenvalue weighted by molar-refractivity contribution is 0.0930. The summed E-state index contributed by atoms with van der Waals surface area (Å²) in [6.07, 6.45) is 0.788. The van der Waals surface area contributed by atoms with E-state index in [0.717, 1.165) is 17.7 Å². The smallest absolute Gasteiger partial charge is 0.274 e. The molecule has 26 heavy (non-hydrogen) atoms. The molecule has 0 aliphatic carbocycles. The number of carbonyl (C=O) groups is 1. The van der Waals surface area contributed by atoms with Gasteiger partial charge in [0.25, 0.3) is 5.91 Å². The summed E-state index contributed by atoms with van der Waals surface area (Å²) in [5.74, 6) is -0.233. The molecule has 0 radical (unpaired) electrons. The molecule has 5 nitrogen and oxygen atoms in total. The highest BCUT2D eigenvalue weighted by Gasteiger charge is 2.20. The fraction of sp³-hybridized carbons (Fsp3) is 0.250. The van der Waals surface area contributed by atoms with Crippen LogP contribution in [0.4, 0.5) is 0 Å². The molecule has 1 N–H and O–H groups in total. The molecular weight excluding hydrogens is 348 g/mol. The van der Waals surface area contributed by atoms with Crippen LogP contribution in [0.3, 0.4) is 0 Å². The number of amides is 1. The Kier molecular flexibility index (Phi) is 5.38. The molecule has 0 fully saturated rings. The minimum atomic E-state index is -0.233. The van der Waals surface area contributed by atoms with Gasteiger partial charge in [-0.15, -0.1) is 5.10 Å². The van der Waals surface area contributed by atoms with Crippen molar-refractivity contribution in [2.75, 3.05) is 0 Å². The highest BCUT2D eigenvalue weighted by Crippen LogP contribution is 2.20. The normalized spacial score (nSPS) is 12.0. The number of hydrogen-bond donors (Lipinski definition) is 1. The summed E-state index contributed by atoms with van der Waals surface area (Å²) in [5, 5.41) is 11.8. The Hall–Kier alpha value is -2.66. The summed E-state index contributed by atoms with van der Waals surface area (Å²) >= 11 is 6.04. The Morgan fingerprint density at radius 2 is 1.92 bits per heavy atom. The van der Waals surface area contributed by atoms with E-state index in [1.807, 2.05) is 57.2 Å². The number of rotatable bonds is 5. The Balaban J connectivity index is 1.83. The molecule has 0 spiro atoms. The summed E-state index contributed by atoms with van der Waals surface area (Å²) in [6.45, 7) is 5.91. The Morgan fingerprint density at radius 3 is 2.58 bits per heavy atom. The maximum atomic E-state index is 12.7. The largest absolute Gasteiger partial charge is 0.344 e. The third-order valence-corrected chi connectivity index (χ3v) is 4.59. The first-order valence-electron chi connectivity index (χ1n) is 8.55. The third-order valence-electron chi connectivity index (χ3n) is 4.36. The van der Waals surface area contributed by atoms with E-state index in [-0.39, 0.29) is 11.9 Å². The molecule has 1 unspecified atom stereocenters. The lowest BCUT2D eigenvalue weighted by Crippen LogP contribution is -2.29. The minimum absolute atomic E-state index is 0.0705. The van der Waals surface area contributed by atoms with Crippen LogP contribution in [0.2, 0.25) is 5.02 Å². The molecule has 134 valence electrons. The van der Waals surface area contributed by atoms with Crippen molar-refractivity contribution in [3.05, 3.63) is 76.1 Å². The lowest BCUT2D eigenvalue weighted by Gasteiger charge is -2.17. The van der Waals surface area contributed by atoms with Crippen molar-refractivity contribution >= 4 is 17.5 Å². The summed E-state index contributed by atoms with van der Waals surface area (Å²) in [6, 6.07) is 15.4. The second-order valence-electron chi connectivity index (χ2n) is 6.26. The maximum absolute atomic E-state index is 12.7. The highest BCUT2D eigenvalue weighted by molar-refractivity contribution is 6.30. The van der Waals surface area contributed by atoms with Crippen LogP contribution in [0.5, 0.6) is 0 Å². The van der Waals surface area contributed by atoms with Crippen molar-refractivity contribution in [1.29, 1.82) is 0 Å². The molecule has 3 rings (SSSR count). The summed E-state index contributed by atoms with van der Waals surface area (Å²) in [4.78, 5) is 12.7. The maximum Gasteiger partial charge on any atom is 0.274 e. The molecule has 0 saturated carbocycles. The number of benzene rings is 2. The predicted molar refractivity (Wildman–Crippen MR) is 103 cm³/mol. The fourth-order valence-corrected chi connectivity index (χ4v) is 3.02. The molecule has 1 aromatic heterocycles. The first-order valence-corrected chi connectivity index (χ1v) is 8.93. The van der Waals surface area contributed by atoms with Gasteiger partial charge in [-0.1, -0.05) is 59.6 Å².